The van der Waals surface area contributed by atoms with Gasteiger partial charge in [0.15, 0.2) is 0 Å². The highest BCUT2D eigenvalue weighted by molar-refractivity contribution is 5.56. The van der Waals surface area contributed by atoms with Gasteiger partial charge in [-0.05, 0) is 361 Å². The molecule has 0 saturated carbocycles. The fraction of sp³-hybridized carbons (Fsp3) is 0.333. The predicted molar refractivity (Wildman–Crippen MR) is 551 cm³/mol. The van der Waals surface area contributed by atoms with Gasteiger partial charge < -0.3 is 74.0 Å². The van der Waals surface area contributed by atoms with Crippen molar-refractivity contribution in [2.75, 3.05) is 0 Å². The molecule has 15 aromatic heterocycles. The van der Waals surface area contributed by atoms with Crippen LogP contribution in [0.2, 0.25) is 0 Å². The molecule has 19 aromatic rings. The molecular weight excluding hydrogens is 1750 g/mol. The largest absolute Gasteiger partial charge is 0.487 e. The molecule has 24 heteroatoms. The van der Waals surface area contributed by atoms with Crippen LogP contribution in [0.3, 0.4) is 0 Å². The van der Waals surface area contributed by atoms with E-state index in [1.165, 1.54) is 0 Å². The Morgan fingerprint density at radius 1 is 0.191 bits per heavy atom. The molecule has 0 aliphatic carbocycles. The Morgan fingerprint density at radius 3 is 0.489 bits per heavy atom. The minimum Gasteiger partial charge on any atom is -0.487 e. The van der Waals surface area contributed by atoms with Crippen LogP contribution in [0.4, 0.5) is 0 Å². The summed E-state index contributed by atoms with van der Waals surface area (Å²) in [6.45, 7) is 49.8. The number of fused-ring (bicyclic) bond motifs is 24. The van der Waals surface area contributed by atoms with Crippen LogP contribution in [0.1, 0.15) is 333 Å². The Labute approximate surface area is 823 Å². The molecule has 0 radical (unpaired) electrons. The summed E-state index contributed by atoms with van der Waals surface area (Å²) < 4.78 is 25.4. The zero-order valence-corrected chi connectivity index (χ0v) is 84.7. The number of rotatable bonds is 18. The number of benzene rings is 4. The zero-order chi connectivity index (χ0) is 98.3. The standard InChI is InChI=1S/C117H129N21O3/c1-106(2)82-34-40-88(118-82)109(7,8)94-46-52-100(124-94)115(19,101-53-47-95(125-101)110(9,10)89-41-35-83(106)119-89)73-22-28-79(29-23-73)139-67-76-64-136(133-130-76)61-70-58-71(62-137-65-77(131-134-137)68-140-80-30-24-74(25-31-80)116(20)102-54-48-96(126-102)111(11,12)90-42-36-84(120-90)107(3,4)85-37-43-91(121-85)112(13,14)97-49-55-103(116)127-97)60-72(59-70)63-138-66-78(132-135-138)69-141-81-32-26-75(27-33-81)117(21)104-56-50-98(128-104)113(15,16)92-44-38-86(122-92)108(5,6)87-39-45-93(123-87)114(17,18)99-51-57-105(117)129-99/h22-60,64-66,118-129H,61-63,67-69H2,1-21H3. The van der Waals surface area contributed by atoms with Gasteiger partial charge in [-0.15, -0.1) is 15.3 Å². The minimum atomic E-state index is -0.621. The number of hydrogen-bond acceptors (Lipinski definition) is 9. The number of hydrogen-bond donors (Lipinski definition) is 12. The molecule has 12 N–H and O–H groups in total. The first-order valence-corrected chi connectivity index (χ1v) is 49.4. The van der Waals surface area contributed by atoms with Gasteiger partial charge in [0.05, 0.1) is 54.5 Å². The normalized spacial score (nSPS) is 17.7. The lowest BCUT2D eigenvalue weighted by Gasteiger charge is -2.31. The Morgan fingerprint density at radius 2 is 0.333 bits per heavy atom. The summed E-state index contributed by atoms with van der Waals surface area (Å²) in [7, 11) is 0. The summed E-state index contributed by atoms with van der Waals surface area (Å²) in [5, 5.41) is 28.1. The summed E-state index contributed by atoms with van der Waals surface area (Å²) in [6.07, 6.45) is 5.87. The molecule has 0 saturated heterocycles. The lowest BCUT2D eigenvalue weighted by Crippen LogP contribution is -2.29. The van der Waals surface area contributed by atoms with E-state index in [2.05, 4.69) is 457 Å². The number of nitrogens with zero attached hydrogens (tertiary/aromatic N) is 9. The maximum Gasteiger partial charge on any atom is 0.134 e. The predicted octanol–water partition coefficient (Wildman–Crippen LogP) is 23.2. The monoisotopic (exact) mass is 1880 g/mol. The first-order chi connectivity index (χ1) is 67.0. The number of ether oxygens (including phenoxy) is 3. The van der Waals surface area contributed by atoms with E-state index in [0.717, 1.165) is 170 Å². The fourth-order valence-corrected chi connectivity index (χ4v) is 22.0. The third-order valence-electron chi connectivity index (χ3n) is 32.9. The van der Waals surface area contributed by atoms with Crippen molar-refractivity contribution in [2.45, 2.75) is 250 Å². The van der Waals surface area contributed by atoms with Crippen LogP contribution in [0.25, 0.3) is 0 Å². The molecule has 24 bridgehead atoms. The number of aromatic nitrogens is 21. The van der Waals surface area contributed by atoms with Crippen molar-refractivity contribution in [3.05, 3.63) is 442 Å². The van der Waals surface area contributed by atoms with Gasteiger partial charge in [-0.1, -0.05) is 70.2 Å². The van der Waals surface area contributed by atoms with E-state index < -0.39 is 16.2 Å². The van der Waals surface area contributed by atoms with Gasteiger partial charge in [0.2, 0.25) is 0 Å². The van der Waals surface area contributed by atoms with Crippen LogP contribution in [0.5, 0.6) is 17.2 Å². The number of H-pyrrole nitrogens is 12. The molecular formula is C117H129N21O3. The van der Waals surface area contributed by atoms with Gasteiger partial charge >= 0.3 is 0 Å². The van der Waals surface area contributed by atoms with E-state index in [9.17, 15) is 0 Å². The van der Waals surface area contributed by atoms with E-state index in [1.807, 2.05) is 32.6 Å². The van der Waals surface area contributed by atoms with Crippen molar-refractivity contribution < 1.29 is 14.2 Å². The molecule has 4 aromatic carbocycles. The molecule has 0 unspecified atom stereocenters. The maximum absolute atomic E-state index is 6.59. The maximum atomic E-state index is 6.59. The highest BCUT2D eigenvalue weighted by atomic mass is 16.5. The topological polar surface area (TPSA) is 309 Å². The summed E-state index contributed by atoms with van der Waals surface area (Å²) in [5.74, 6) is 2.13. The molecule has 3 aliphatic heterocycles. The SMILES string of the molecule is CC1(C)c2ccc([nH]2)C(C)(C)c2ccc([nH]2)C(C)(c2ccc(OCc3cn(Cc4cc(Cn5cc(COc6ccc(C7(C)c8ccc([nH]8)C(C)(C)c8ccc([nH]8)C(C)(C)c8ccc([nH]8)C(C)(C)c8ccc7[nH]8)cc6)nn5)cc(Cn5cc(COc6ccc(C7(C)c8ccc([nH]8)C(C)(C)c8ccc([nH]8)C(C)(C)c8ccc([nH]8)C(C)(C)c8ccc7[nH]8)cc6)nn5)c4)nn3)cc2)c2ccc([nH]2)C(C)(C)c2ccc1[nH]2. The third kappa shape index (κ3) is 15.4. The van der Waals surface area contributed by atoms with Crippen LogP contribution in [-0.2, 0) is 104 Å². The van der Waals surface area contributed by atoms with Crippen LogP contribution in [0, 0.1) is 0 Å². The molecule has 720 valence electrons. The summed E-state index contributed by atoms with van der Waals surface area (Å²) in [4.78, 5) is 47.0. The van der Waals surface area contributed by atoms with Crippen LogP contribution in [-0.4, -0.2) is 105 Å². The van der Waals surface area contributed by atoms with Crippen LogP contribution in [0.15, 0.2) is 255 Å². The van der Waals surface area contributed by atoms with Crippen molar-refractivity contribution in [2.24, 2.45) is 0 Å². The second kappa shape index (κ2) is 32.6. The van der Waals surface area contributed by atoms with Gasteiger partial charge in [-0.2, -0.15) is 0 Å². The second-order valence-electron chi connectivity index (χ2n) is 45.2. The van der Waals surface area contributed by atoms with E-state index >= 15 is 0 Å². The quantitative estimate of drug-likeness (QED) is 0.0388. The highest BCUT2D eigenvalue weighted by Crippen LogP contribution is 2.50. The number of nitrogens with one attached hydrogen (secondary N) is 12. The van der Waals surface area contributed by atoms with E-state index in [-0.39, 0.29) is 68.6 Å². The molecule has 3 aliphatic rings. The molecule has 0 atom stereocenters. The Balaban J connectivity index is 0.516. The smallest absolute Gasteiger partial charge is 0.134 e. The van der Waals surface area contributed by atoms with Crippen molar-refractivity contribution >= 4 is 0 Å². The summed E-state index contributed by atoms with van der Waals surface area (Å²) >= 11 is 0. The van der Waals surface area contributed by atoms with Crippen molar-refractivity contribution in [1.82, 2.24) is 105 Å². The van der Waals surface area contributed by atoms with Crippen molar-refractivity contribution in [3.63, 3.8) is 0 Å². The van der Waals surface area contributed by atoms with E-state index in [4.69, 9.17) is 29.9 Å². The fourth-order valence-electron chi connectivity index (χ4n) is 22.0. The van der Waals surface area contributed by atoms with Crippen LogP contribution < -0.4 is 14.2 Å². The minimum absolute atomic E-state index is 0.204. The lowest BCUT2D eigenvalue weighted by molar-refractivity contribution is 0.301. The summed E-state index contributed by atoms with van der Waals surface area (Å²) in [6, 6.07) is 85.8. The van der Waals surface area contributed by atoms with Gasteiger partial charge in [-0.25, -0.2) is 14.0 Å². The Kier molecular flexibility index (Phi) is 21.1. The second-order valence-corrected chi connectivity index (χ2v) is 45.2. The summed E-state index contributed by atoms with van der Waals surface area (Å²) in [5.41, 5.74) is 30.3. The van der Waals surface area contributed by atoms with Gasteiger partial charge in [0.25, 0.3) is 0 Å². The highest BCUT2D eigenvalue weighted by Gasteiger charge is 2.45. The molecule has 0 fully saturated rings. The average Bonchev–Trinajstić information content (AvgIpc) is 1.58. The Bertz CT molecular complexity index is 6810. The van der Waals surface area contributed by atoms with Gasteiger partial charge in [-0.3, -0.25) is 0 Å². The van der Waals surface area contributed by atoms with Crippen molar-refractivity contribution in [1.29, 1.82) is 0 Å². The first-order valence-electron chi connectivity index (χ1n) is 49.4. The first kappa shape index (κ1) is 91.2. The molecule has 141 heavy (non-hydrogen) atoms. The van der Waals surface area contributed by atoms with Gasteiger partial charge in [0.1, 0.15) is 54.2 Å². The molecule has 0 amide bonds. The Hall–Kier alpha value is -14.9. The third-order valence-corrected chi connectivity index (χ3v) is 32.9. The van der Waals surface area contributed by atoms with E-state index in [1.54, 1.807) is 0 Å². The lowest BCUT2D eigenvalue weighted by atomic mass is 9.76. The molecule has 24 nitrogen and oxygen atoms in total. The molecule has 18 heterocycles. The zero-order valence-electron chi connectivity index (χ0n) is 84.7. The van der Waals surface area contributed by atoms with E-state index in [0.29, 0.717) is 54.0 Å². The molecule has 0 spiro atoms. The van der Waals surface area contributed by atoms with Gasteiger partial charge in [0, 0.05) is 185 Å². The van der Waals surface area contributed by atoms with Crippen LogP contribution >= 0.6 is 0 Å². The number of aromatic amines is 12. The average molecular weight is 1880 g/mol. The van der Waals surface area contributed by atoms with Crippen molar-refractivity contribution in [3.8, 4) is 17.2 Å². The molecule has 22 rings (SSSR count).